The van der Waals surface area contributed by atoms with Crippen molar-refractivity contribution < 1.29 is 0 Å². The molecular weight excluding hydrogens is 544 g/mol. The molecule has 0 saturated carbocycles. The van der Waals surface area contributed by atoms with Crippen molar-refractivity contribution in [1.29, 1.82) is 0 Å². The first-order valence-electron chi connectivity index (χ1n) is 15.9. The van der Waals surface area contributed by atoms with E-state index in [-0.39, 0.29) is 5.41 Å². The number of hydrogen-bond acceptors (Lipinski definition) is 1. The molecule has 1 aromatic heterocycles. The normalized spacial score (nSPS) is 15.8. The number of allylic oxidation sites excluding steroid dienone is 5. The third-order valence-electron chi connectivity index (χ3n) is 9.11. The Kier molecular flexibility index (Phi) is 8.32. The van der Waals surface area contributed by atoms with Gasteiger partial charge in [0.1, 0.15) is 0 Å². The fraction of sp³-hybridized carbons (Fsp3) is 0.163. The monoisotopic (exact) mass is 586 g/mol. The molecule has 0 fully saturated rings. The second kappa shape index (κ2) is 12.5. The number of aryl methyl sites for hydroxylation is 2. The molecule has 0 saturated heterocycles. The molecule has 2 heteroatoms. The minimum atomic E-state index is -0.309. The third-order valence-corrected chi connectivity index (χ3v) is 9.11. The van der Waals surface area contributed by atoms with Gasteiger partial charge in [-0.3, -0.25) is 0 Å². The summed E-state index contributed by atoms with van der Waals surface area (Å²) in [4.78, 5) is 3.62. The summed E-state index contributed by atoms with van der Waals surface area (Å²) in [5.41, 5.74) is 15.6. The molecule has 45 heavy (non-hydrogen) atoms. The van der Waals surface area contributed by atoms with Gasteiger partial charge in [0.15, 0.2) is 0 Å². The Morgan fingerprint density at radius 2 is 1.67 bits per heavy atom. The van der Waals surface area contributed by atoms with E-state index < -0.39 is 0 Å². The lowest BCUT2D eigenvalue weighted by atomic mass is 9.70. The molecule has 0 radical (unpaired) electrons. The van der Waals surface area contributed by atoms with Crippen molar-refractivity contribution >= 4 is 40.4 Å². The maximum atomic E-state index is 4.10. The van der Waals surface area contributed by atoms with Crippen LogP contribution in [0.15, 0.2) is 116 Å². The molecule has 6 rings (SSSR count). The number of aromatic amines is 1. The zero-order chi connectivity index (χ0) is 31.6. The van der Waals surface area contributed by atoms with Gasteiger partial charge in [0.2, 0.25) is 0 Å². The Hall–Kier alpha value is -5.08. The molecule has 4 aromatic carbocycles. The van der Waals surface area contributed by atoms with Crippen LogP contribution < -0.4 is 5.32 Å². The van der Waals surface area contributed by atoms with Crippen LogP contribution in [0.2, 0.25) is 0 Å². The smallest absolute Gasteiger partial charge is 0.0467 e. The van der Waals surface area contributed by atoms with Crippen LogP contribution in [-0.4, -0.2) is 4.98 Å². The van der Waals surface area contributed by atoms with E-state index in [1.807, 2.05) is 12.3 Å². The predicted molar refractivity (Wildman–Crippen MR) is 197 cm³/mol. The number of rotatable bonds is 6. The molecule has 0 atom stereocenters. The van der Waals surface area contributed by atoms with E-state index >= 15 is 0 Å². The lowest BCUT2D eigenvalue weighted by molar-refractivity contribution is 0.631. The van der Waals surface area contributed by atoms with Crippen LogP contribution >= 0.6 is 0 Å². The highest BCUT2D eigenvalue weighted by Gasteiger charge is 2.33. The van der Waals surface area contributed by atoms with Crippen molar-refractivity contribution in [3.8, 4) is 11.1 Å². The number of benzene rings is 4. The van der Waals surface area contributed by atoms with Crippen molar-refractivity contribution in [3.63, 3.8) is 0 Å². The topological polar surface area (TPSA) is 27.8 Å². The molecule has 0 aliphatic carbocycles. The fourth-order valence-electron chi connectivity index (χ4n) is 7.14. The fourth-order valence-corrected chi connectivity index (χ4v) is 7.14. The Labute approximate surface area is 268 Å². The molecule has 0 amide bonds. The Morgan fingerprint density at radius 1 is 0.889 bits per heavy atom. The highest BCUT2D eigenvalue weighted by molar-refractivity contribution is 5.98. The van der Waals surface area contributed by atoms with Crippen LogP contribution in [0.5, 0.6) is 0 Å². The van der Waals surface area contributed by atoms with E-state index in [0.29, 0.717) is 0 Å². The second-order valence-electron chi connectivity index (χ2n) is 12.2. The summed E-state index contributed by atoms with van der Waals surface area (Å²) in [5.74, 6) is 0. The van der Waals surface area contributed by atoms with Gasteiger partial charge in [-0.25, -0.2) is 0 Å². The number of nitrogens with one attached hydrogen (secondary N) is 2. The highest BCUT2D eigenvalue weighted by Crippen LogP contribution is 2.47. The van der Waals surface area contributed by atoms with Gasteiger partial charge in [-0.1, -0.05) is 118 Å². The van der Waals surface area contributed by atoms with Crippen LogP contribution in [0, 0.1) is 6.92 Å². The van der Waals surface area contributed by atoms with Gasteiger partial charge in [-0.15, -0.1) is 0 Å². The summed E-state index contributed by atoms with van der Waals surface area (Å²) in [6, 6.07) is 28.5. The summed E-state index contributed by atoms with van der Waals surface area (Å²) >= 11 is 0. The van der Waals surface area contributed by atoms with Crippen molar-refractivity contribution in [1.82, 2.24) is 4.98 Å². The SMILES string of the molecule is C=Cc1[nH]c2ccc(C(C)(C)c3c(C)ccc4c3-c3ccccc3\C=C(c3ccccc3)/C=C\C=C\N4)c(CC)c2c1/C=C\C. The first-order chi connectivity index (χ1) is 21.9. The van der Waals surface area contributed by atoms with E-state index in [1.165, 1.54) is 61.0 Å². The van der Waals surface area contributed by atoms with Gasteiger partial charge in [0.25, 0.3) is 0 Å². The first kappa shape index (κ1) is 30.0. The van der Waals surface area contributed by atoms with Gasteiger partial charge < -0.3 is 10.3 Å². The average molecular weight is 587 g/mol. The molecule has 0 bridgehead atoms. The molecule has 2 heterocycles. The molecule has 0 spiro atoms. The van der Waals surface area contributed by atoms with E-state index in [9.17, 15) is 0 Å². The Morgan fingerprint density at radius 3 is 2.42 bits per heavy atom. The van der Waals surface area contributed by atoms with Crippen LogP contribution in [-0.2, 0) is 11.8 Å². The summed E-state index contributed by atoms with van der Waals surface area (Å²) in [6.07, 6.45) is 17.9. The summed E-state index contributed by atoms with van der Waals surface area (Å²) in [7, 11) is 0. The summed E-state index contributed by atoms with van der Waals surface area (Å²) in [6.45, 7) is 15.5. The van der Waals surface area contributed by atoms with Crippen LogP contribution in [0.1, 0.15) is 72.3 Å². The predicted octanol–water partition coefficient (Wildman–Crippen LogP) is 11.7. The minimum absolute atomic E-state index is 0.309. The maximum absolute atomic E-state index is 4.10. The lowest BCUT2D eigenvalue weighted by Gasteiger charge is -2.34. The van der Waals surface area contributed by atoms with E-state index in [4.69, 9.17) is 0 Å². The molecule has 224 valence electrons. The zero-order valence-corrected chi connectivity index (χ0v) is 27.0. The quantitative estimate of drug-likeness (QED) is 0.203. The van der Waals surface area contributed by atoms with Crippen molar-refractivity contribution in [2.24, 2.45) is 0 Å². The van der Waals surface area contributed by atoms with E-state index in [2.05, 4.69) is 167 Å². The van der Waals surface area contributed by atoms with Gasteiger partial charge in [0, 0.05) is 45.0 Å². The van der Waals surface area contributed by atoms with Gasteiger partial charge in [-0.2, -0.15) is 0 Å². The number of H-pyrrole nitrogens is 1. The molecule has 2 N–H and O–H groups in total. The lowest BCUT2D eigenvalue weighted by Crippen LogP contribution is -2.24. The highest BCUT2D eigenvalue weighted by atomic mass is 14.8. The van der Waals surface area contributed by atoms with Crippen LogP contribution in [0.4, 0.5) is 5.69 Å². The Balaban J connectivity index is 1.65. The second-order valence-corrected chi connectivity index (χ2v) is 12.2. The maximum Gasteiger partial charge on any atom is 0.0467 e. The van der Waals surface area contributed by atoms with Crippen molar-refractivity contribution in [2.75, 3.05) is 5.32 Å². The van der Waals surface area contributed by atoms with Crippen molar-refractivity contribution in [2.45, 2.75) is 46.5 Å². The zero-order valence-electron chi connectivity index (χ0n) is 27.0. The number of anilines is 1. The molecule has 5 aromatic rings. The number of fused-ring (bicyclic) bond motifs is 4. The van der Waals surface area contributed by atoms with Gasteiger partial charge >= 0.3 is 0 Å². The van der Waals surface area contributed by atoms with E-state index in [0.717, 1.165) is 23.3 Å². The average Bonchev–Trinajstić information content (AvgIpc) is 3.40. The standard InChI is InChI=1S/C43H42N2/c1-7-17-35-37(9-3)45-39-26-24-36(33(8-2)40(35)39)43(5,6)42-29(4)23-25-38-41(42)34-22-14-13-21-32(34)28-31(20-15-16-27-44-38)30-18-11-10-12-19-30/h7,9-28,44-45H,3,8H2,1-2,4-6H3/b17-7-,20-15-,27-16+,31-28+. The van der Waals surface area contributed by atoms with Crippen molar-refractivity contribution in [3.05, 3.63) is 161 Å². The van der Waals surface area contributed by atoms with Gasteiger partial charge in [-0.05, 0) is 95.1 Å². The van der Waals surface area contributed by atoms with Crippen LogP contribution in [0.3, 0.4) is 0 Å². The molecule has 1 aliphatic heterocycles. The molecule has 1 aliphatic rings. The van der Waals surface area contributed by atoms with Crippen LogP contribution in [0.25, 0.3) is 45.8 Å². The molecule has 2 nitrogen and oxygen atoms in total. The third kappa shape index (κ3) is 5.42. The minimum Gasteiger partial charge on any atom is -0.361 e. The van der Waals surface area contributed by atoms with E-state index in [1.54, 1.807) is 0 Å². The number of aromatic nitrogens is 1. The summed E-state index contributed by atoms with van der Waals surface area (Å²) in [5, 5.41) is 4.95. The largest absolute Gasteiger partial charge is 0.361 e. The molecule has 0 unspecified atom stereocenters. The summed E-state index contributed by atoms with van der Waals surface area (Å²) < 4.78 is 0. The molecular formula is C43H42N2. The van der Waals surface area contributed by atoms with Gasteiger partial charge in [0.05, 0.1) is 0 Å². The number of hydrogen-bond donors (Lipinski definition) is 2. The Bertz CT molecular complexity index is 2010. The first-order valence-corrected chi connectivity index (χ1v) is 15.9.